The summed E-state index contributed by atoms with van der Waals surface area (Å²) in [6.07, 6.45) is 5.40. The zero-order chi connectivity index (χ0) is 18.1. The van der Waals surface area contributed by atoms with Crippen LogP contribution in [-0.4, -0.2) is 36.3 Å². The Kier molecular flexibility index (Phi) is 7.25. The van der Waals surface area contributed by atoms with Gasteiger partial charge in [-0.05, 0) is 25.8 Å². The smallest absolute Gasteiger partial charge is 0.305 e. The van der Waals surface area contributed by atoms with Gasteiger partial charge in [0, 0.05) is 12.5 Å². The highest BCUT2D eigenvalue weighted by atomic mass is 16.5. The van der Waals surface area contributed by atoms with Gasteiger partial charge >= 0.3 is 5.97 Å². The lowest BCUT2D eigenvalue weighted by molar-refractivity contribution is -0.143. The predicted octanol–water partition coefficient (Wildman–Crippen LogP) is 2.82. The fourth-order valence-electron chi connectivity index (χ4n) is 2.49. The molecule has 7 heteroatoms. The van der Waals surface area contributed by atoms with Crippen LogP contribution in [0.15, 0.2) is 23.3 Å². The number of hydrogen-bond donors (Lipinski definition) is 1. The first-order valence-electron chi connectivity index (χ1n) is 8.49. The first kappa shape index (κ1) is 18.8. The molecule has 136 valence electrons. The van der Waals surface area contributed by atoms with Gasteiger partial charge < -0.3 is 19.2 Å². The maximum absolute atomic E-state index is 11.9. The molecule has 0 bridgehead atoms. The third-order valence-corrected chi connectivity index (χ3v) is 3.76. The lowest BCUT2D eigenvalue weighted by atomic mass is 10.1. The number of aromatic nitrogens is 2. The summed E-state index contributed by atoms with van der Waals surface area (Å²) in [5, 5.41) is 0.465. The van der Waals surface area contributed by atoms with Crippen molar-refractivity contribution in [3.63, 3.8) is 0 Å². The second kappa shape index (κ2) is 9.66. The summed E-state index contributed by atoms with van der Waals surface area (Å²) >= 11 is 0. The second-order valence-electron chi connectivity index (χ2n) is 5.57. The van der Waals surface area contributed by atoms with E-state index in [2.05, 4.69) is 9.97 Å². The van der Waals surface area contributed by atoms with Gasteiger partial charge in [-0.25, -0.2) is 4.98 Å². The minimum Gasteiger partial charge on any atom is -0.493 e. The number of nitrogens with zero attached hydrogens (tertiary/aromatic N) is 1. The zero-order valence-corrected chi connectivity index (χ0v) is 14.7. The van der Waals surface area contributed by atoms with E-state index in [1.165, 1.54) is 6.33 Å². The second-order valence-corrected chi connectivity index (χ2v) is 5.57. The van der Waals surface area contributed by atoms with Crippen LogP contribution in [0.5, 0.6) is 11.5 Å². The highest BCUT2D eigenvalue weighted by molar-refractivity contribution is 5.81. The zero-order valence-electron chi connectivity index (χ0n) is 14.7. The summed E-state index contributed by atoms with van der Waals surface area (Å²) in [6, 6.07) is 3.35. The Bertz CT molecular complexity index is 757. The van der Waals surface area contributed by atoms with Gasteiger partial charge in [-0.1, -0.05) is 12.8 Å². The molecule has 2 aromatic rings. The Morgan fingerprint density at radius 1 is 1.16 bits per heavy atom. The molecule has 0 aliphatic rings. The van der Waals surface area contributed by atoms with Crippen LogP contribution in [0, 0.1) is 0 Å². The van der Waals surface area contributed by atoms with Crippen molar-refractivity contribution in [2.75, 3.05) is 20.3 Å². The monoisotopic (exact) mass is 348 g/mol. The molecule has 1 aromatic carbocycles. The molecule has 2 rings (SSSR count). The van der Waals surface area contributed by atoms with Gasteiger partial charge in [0.2, 0.25) is 0 Å². The van der Waals surface area contributed by atoms with E-state index in [9.17, 15) is 9.59 Å². The van der Waals surface area contributed by atoms with Crippen molar-refractivity contribution >= 4 is 16.9 Å². The fourth-order valence-corrected chi connectivity index (χ4v) is 2.49. The largest absolute Gasteiger partial charge is 0.493 e. The molecular formula is C18H24N2O5. The van der Waals surface area contributed by atoms with Crippen molar-refractivity contribution in [2.45, 2.75) is 39.0 Å². The van der Waals surface area contributed by atoms with Crippen LogP contribution in [0.2, 0.25) is 0 Å². The quantitative estimate of drug-likeness (QED) is 0.524. The van der Waals surface area contributed by atoms with Gasteiger partial charge in [-0.3, -0.25) is 9.59 Å². The van der Waals surface area contributed by atoms with E-state index < -0.39 is 0 Å². The molecule has 25 heavy (non-hydrogen) atoms. The minimum atomic E-state index is -0.212. The Balaban J connectivity index is 1.81. The molecule has 0 unspecified atom stereocenters. The molecule has 0 atom stereocenters. The number of carbonyl (C=O) groups excluding carboxylic acids is 1. The van der Waals surface area contributed by atoms with E-state index in [0.717, 1.165) is 25.7 Å². The number of methoxy groups -OCH3 is 1. The summed E-state index contributed by atoms with van der Waals surface area (Å²) in [6.45, 7) is 2.75. The standard InChI is InChI=1S/C18H24N2O5/c1-3-24-17(21)8-6-4-5-7-9-25-16-10-13-14(11-15(16)23-2)19-12-20-18(13)22/h10-12H,3-9H2,1-2H3,(H,19,20,22). The number of H-pyrrole nitrogens is 1. The molecule has 0 radical (unpaired) electrons. The third-order valence-electron chi connectivity index (χ3n) is 3.76. The van der Waals surface area contributed by atoms with E-state index >= 15 is 0 Å². The third kappa shape index (κ3) is 5.48. The summed E-state index contributed by atoms with van der Waals surface area (Å²) in [5.41, 5.74) is 0.350. The normalized spacial score (nSPS) is 10.6. The van der Waals surface area contributed by atoms with Gasteiger partial charge in [0.05, 0.1) is 37.6 Å². The topological polar surface area (TPSA) is 90.5 Å². The van der Waals surface area contributed by atoms with Crippen LogP contribution < -0.4 is 15.0 Å². The molecule has 1 aromatic heterocycles. The Morgan fingerprint density at radius 2 is 1.96 bits per heavy atom. The molecule has 0 saturated carbocycles. The van der Waals surface area contributed by atoms with Crippen molar-refractivity contribution in [3.05, 3.63) is 28.8 Å². The predicted molar refractivity (Wildman–Crippen MR) is 94.1 cm³/mol. The highest BCUT2D eigenvalue weighted by Crippen LogP contribution is 2.30. The van der Waals surface area contributed by atoms with E-state index in [4.69, 9.17) is 14.2 Å². The van der Waals surface area contributed by atoms with Crippen LogP contribution in [-0.2, 0) is 9.53 Å². The summed E-state index contributed by atoms with van der Waals surface area (Å²) < 4.78 is 16.0. The molecule has 1 heterocycles. The maximum Gasteiger partial charge on any atom is 0.305 e. The van der Waals surface area contributed by atoms with Crippen LogP contribution in [0.25, 0.3) is 10.9 Å². The Labute approximate surface area is 146 Å². The number of unbranched alkanes of at least 4 members (excludes halogenated alkanes) is 3. The molecule has 0 aliphatic carbocycles. The average Bonchev–Trinajstić information content (AvgIpc) is 2.61. The summed E-state index contributed by atoms with van der Waals surface area (Å²) in [5.74, 6) is 0.936. The van der Waals surface area contributed by atoms with E-state index in [0.29, 0.717) is 42.0 Å². The van der Waals surface area contributed by atoms with Crippen LogP contribution >= 0.6 is 0 Å². The molecule has 0 aliphatic heterocycles. The van der Waals surface area contributed by atoms with Gasteiger partial charge in [0.15, 0.2) is 11.5 Å². The minimum absolute atomic E-state index is 0.140. The van der Waals surface area contributed by atoms with Gasteiger partial charge in [-0.15, -0.1) is 0 Å². The molecular weight excluding hydrogens is 324 g/mol. The van der Waals surface area contributed by atoms with Crippen molar-refractivity contribution < 1.29 is 19.0 Å². The summed E-state index contributed by atoms with van der Waals surface area (Å²) in [7, 11) is 1.55. The van der Waals surface area contributed by atoms with Crippen molar-refractivity contribution in [3.8, 4) is 11.5 Å². The number of ether oxygens (including phenoxy) is 3. The first-order chi connectivity index (χ1) is 12.2. The lowest BCUT2D eigenvalue weighted by Crippen LogP contribution is -2.07. The molecule has 0 fully saturated rings. The summed E-state index contributed by atoms with van der Waals surface area (Å²) in [4.78, 5) is 29.7. The number of carbonyl (C=O) groups is 1. The number of nitrogens with one attached hydrogen (secondary N) is 1. The van der Waals surface area contributed by atoms with E-state index in [-0.39, 0.29) is 11.5 Å². The Hall–Kier alpha value is -2.57. The van der Waals surface area contributed by atoms with Crippen molar-refractivity contribution in [2.24, 2.45) is 0 Å². The van der Waals surface area contributed by atoms with Crippen LogP contribution in [0.3, 0.4) is 0 Å². The maximum atomic E-state index is 11.9. The van der Waals surface area contributed by atoms with Crippen LogP contribution in [0.1, 0.15) is 39.0 Å². The number of fused-ring (bicyclic) bond motifs is 1. The SMILES string of the molecule is CCOC(=O)CCCCCCOc1cc2c(=O)[nH]cnc2cc1OC. The number of benzene rings is 1. The van der Waals surface area contributed by atoms with E-state index in [1.54, 1.807) is 26.2 Å². The van der Waals surface area contributed by atoms with Gasteiger partial charge in [0.1, 0.15) is 0 Å². The number of rotatable bonds is 10. The van der Waals surface area contributed by atoms with E-state index in [1.807, 2.05) is 0 Å². The highest BCUT2D eigenvalue weighted by Gasteiger charge is 2.10. The molecule has 0 spiro atoms. The Morgan fingerprint density at radius 3 is 2.72 bits per heavy atom. The van der Waals surface area contributed by atoms with Crippen LogP contribution in [0.4, 0.5) is 0 Å². The first-order valence-corrected chi connectivity index (χ1v) is 8.49. The molecule has 7 nitrogen and oxygen atoms in total. The van der Waals surface area contributed by atoms with Crippen molar-refractivity contribution in [1.82, 2.24) is 9.97 Å². The molecule has 0 saturated heterocycles. The van der Waals surface area contributed by atoms with Crippen molar-refractivity contribution in [1.29, 1.82) is 0 Å². The number of hydrogen-bond acceptors (Lipinski definition) is 6. The lowest BCUT2D eigenvalue weighted by Gasteiger charge is -2.11. The molecule has 1 N–H and O–H groups in total. The van der Waals surface area contributed by atoms with Gasteiger partial charge in [-0.2, -0.15) is 0 Å². The number of aromatic amines is 1. The number of esters is 1. The molecule has 0 amide bonds. The fraction of sp³-hybridized carbons (Fsp3) is 0.500. The van der Waals surface area contributed by atoms with Gasteiger partial charge in [0.25, 0.3) is 5.56 Å². The average molecular weight is 348 g/mol.